The average molecular weight is 255 g/mol. The van der Waals surface area contributed by atoms with Crippen molar-refractivity contribution in [1.29, 1.82) is 0 Å². The molecule has 1 aromatic carbocycles. The summed E-state index contributed by atoms with van der Waals surface area (Å²) in [5.41, 5.74) is 10.9. The fourth-order valence-corrected chi connectivity index (χ4v) is 2.42. The smallest absolute Gasteiger partial charge is 0.144 e. The third-order valence-electron chi connectivity index (χ3n) is 3.44. The van der Waals surface area contributed by atoms with Crippen LogP contribution in [0.5, 0.6) is 0 Å². The van der Waals surface area contributed by atoms with E-state index in [2.05, 4.69) is 15.7 Å². The third kappa shape index (κ3) is 1.82. The molecule has 3 aromatic rings. The molecule has 2 aromatic heterocycles. The molecule has 0 saturated carbocycles. The van der Waals surface area contributed by atoms with Crippen LogP contribution in [0.3, 0.4) is 0 Å². The molecule has 0 amide bonds. The predicted octanol–water partition coefficient (Wildman–Crippen LogP) is 1.74. The minimum atomic E-state index is 0.544. The van der Waals surface area contributed by atoms with E-state index in [-0.39, 0.29) is 0 Å². The molecule has 0 aliphatic heterocycles. The van der Waals surface area contributed by atoms with Crippen LogP contribution in [0.1, 0.15) is 11.3 Å². The fraction of sp³-hybridized carbons (Fsp3) is 0.286. The van der Waals surface area contributed by atoms with Crippen molar-refractivity contribution in [3.05, 3.63) is 35.7 Å². The second kappa shape index (κ2) is 4.20. The monoisotopic (exact) mass is 255 g/mol. The lowest BCUT2D eigenvalue weighted by Crippen LogP contribution is -1.97. The summed E-state index contributed by atoms with van der Waals surface area (Å²) in [5.74, 6) is 0.940. The Balaban J connectivity index is 2.25. The van der Waals surface area contributed by atoms with Crippen LogP contribution in [0.15, 0.2) is 24.4 Å². The van der Waals surface area contributed by atoms with Crippen molar-refractivity contribution >= 4 is 11.0 Å². The van der Waals surface area contributed by atoms with E-state index in [1.165, 1.54) is 0 Å². The van der Waals surface area contributed by atoms with Gasteiger partial charge in [-0.15, -0.1) is 0 Å². The van der Waals surface area contributed by atoms with Crippen molar-refractivity contribution in [3.63, 3.8) is 0 Å². The SMILES string of the molecule is Cc1nn(C)cc1-c1nc2ccc(CN)cc2n1C. The van der Waals surface area contributed by atoms with Gasteiger partial charge in [-0.3, -0.25) is 4.68 Å². The number of hydrogen-bond donors (Lipinski definition) is 1. The zero-order valence-electron chi connectivity index (χ0n) is 11.4. The minimum absolute atomic E-state index is 0.544. The first-order valence-electron chi connectivity index (χ1n) is 6.26. The standard InChI is InChI=1S/C14H17N5/c1-9-11(8-18(2)17-9)14-16-12-5-4-10(7-15)6-13(12)19(14)3/h4-6,8H,7,15H2,1-3H3. The van der Waals surface area contributed by atoms with E-state index in [0.717, 1.165) is 33.7 Å². The molecule has 19 heavy (non-hydrogen) atoms. The molecule has 0 aliphatic carbocycles. The number of fused-ring (bicyclic) bond motifs is 1. The van der Waals surface area contributed by atoms with Crippen LogP contribution in [-0.2, 0) is 20.6 Å². The second-order valence-corrected chi connectivity index (χ2v) is 4.82. The van der Waals surface area contributed by atoms with E-state index in [9.17, 15) is 0 Å². The zero-order valence-corrected chi connectivity index (χ0v) is 11.4. The molecule has 0 unspecified atom stereocenters. The highest BCUT2D eigenvalue weighted by molar-refractivity contribution is 5.81. The van der Waals surface area contributed by atoms with Gasteiger partial charge in [-0.05, 0) is 24.6 Å². The molecule has 0 spiro atoms. The first kappa shape index (κ1) is 11.9. The van der Waals surface area contributed by atoms with E-state index in [4.69, 9.17) is 10.7 Å². The Hall–Kier alpha value is -2.14. The second-order valence-electron chi connectivity index (χ2n) is 4.82. The number of aryl methyl sites for hydroxylation is 3. The molecule has 0 aliphatic rings. The molecular formula is C14H17N5. The Kier molecular flexibility index (Phi) is 2.64. The van der Waals surface area contributed by atoms with Gasteiger partial charge in [-0.25, -0.2) is 4.98 Å². The Morgan fingerprint density at radius 3 is 2.68 bits per heavy atom. The summed E-state index contributed by atoms with van der Waals surface area (Å²) in [6, 6.07) is 6.14. The van der Waals surface area contributed by atoms with Gasteiger partial charge < -0.3 is 10.3 Å². The Morgan fingerprint density at radius 1 is 1.26 bits per heavy atom. The van der Waals surface area contributed by atoms with Gasteiger partial charge >= 0.3 is 0 Å². The Bertz CT molecular complexity index is 751. The fourth-order valence-electron chi connectivity index (χ4n) is 2.42. The van der Waals surface area contributed by atoms with E-state index >= 15 is 0 Å². The van der Waals surface area contributed by atoms with Gasteiger partial charge in [0.05, 0.1) is 22.3 Å². The molecule has 0 atom stereocenters. The maximum absolute atomic E-state index is 5.69. The summed E-state index contributed by atoms with van der Waals surface area (Å²) in [6.45, 7) is 2.54. The van der Waals surface area contributed by atoms with Crippen molar-refractivity contribution in [2.24, 2.45) is 19.8 Å². The van der Waals surface area contributed by atoms with Crippen molar-refractivity contribution in [2.75, 3.05) is 0 Å². The van der Waals surface area contributed by atoms with Crippen molar-refractivity contribution in [3.8, 4) is 11.4 Å². The zero-order chi connectivity index (χ0) is 13.6. The van der Waals surface area contributed by atoms with Gasteiger partial charge in [0.25, 0.3) is 0 Å². The first-order valence-corrected chi connectivity index (χ1v) is 6.26. The Morgan fingerprint density at radius 2 is 2.05 bits per heavy atom. The van der Waals surface area contributed by atoms with Crippen LogP contribution in [0, 0.1) is 6.92 Å². The summed E-state index contributed by atoms with van der Waals surface area (Å²) in [5, 5.41) is 4.38. The highest BCUT2D eigenvalue weighted by Crippen LogP contribution is 2.26. The van der Waals surface area contributed by atoms with Crippen LogP contribution >= 0.6 is 0 Å². The number of rotatable bonds is 2. The van der Waals surface area contributed by atoms with Gasteiger partial charge in [0.2, 0.25) is 0 Å². The molecule has 0 fully saturated rings. The molecule has 0 bridgehead atoms. The number of nitrogens with zero attached hydrogens (tertiary/aromatic N) is 4. The minimum Gasteiger partial charge on any atom is -0.327 e. The van der Waals surface area contributed by atoms with Gasteiger partial charge in [0.1, 0.15) is 5.82 Å². The maximum Gasteiger partial charge on any atom is 0.144 e. The number of hydrogen-bond acceptors (Lipinski definition) is 3. The normalized spacial score (nSPS) is 11.4. The van der Waals surface area contributed by atoms with Crippen molar-refractivity contribution in [1.82, 2.24) is 19.3 Å². The predicted molar refractivity (Wildman–Crippen MR) is 75.5 cm³/mol. The molecule has 0 radical (unpaired) electrons. The first-order chi connectivity index (χ1) is 9.10. The number of aromatic nitrogens is 4. The number of benzene rings is 1. The molecule has 5 nitrogen and oxygen atoms in total. The number of imidazole rings is 1. The van der Waals surface area contributed by atoms with E-state index in [1.54, 1.807) is 0 Å². The number of nitrogens with two attached hydrogens (primary N) is 1. The molecule has 3 rings (SSSR count). The van der Waals surface area contributed by atoms with Gasteiger partial charge in [-0.2, -0.15) is 5.10 Å². The van der Waals surface area contributed by atoms with E-state index < -0.39 is 0 Å². The van der Waals surface area contributed by atoms with Crippen LogP contribution in [0.2, 0.25) is 0 Å². The molecule has 2 N–H and O–H groups in total. The molecule has 5 heteroatoms. The van der Waals surface area contributed by atoms with E-state index in [1.807, 2.05) is 44.0 Å². The van der Waals surface area contributed by atoms with Gasteiger partial charge in [0.15, 0.2) is 0 Å². The largest absolute Gasteiger partial charge is 0.327 e. The molecule has 2 heterocycles. The topological polar surface area (TPSA) is 61.7 Å². The highest BCUT2D eigenvalue weighted by atomic mass is 15.3. The quantitative estimate of drug-likeness (QED) is 0.758. The highest BCUT2D eigenvalue weighted by Gasteiger charge is 2.14. The van der Waals surface area contributed by atoms with Gasteiger partial charge in [0, 0.05) is 26.8 Å². The summed E-state index contributed by atoms with van der Waals surface area (Å²) >= 11 is 0. The van der Waals surface area contributed by atoms with Crippen molar-refractivity contribution in [2.45, 2.75) is 13.5 Å². The maximum atomic E-state index is 5.69. The summed E-state index contributed by atoms with van der Waals surface area (Å²) in [4.78, 5) is 4.70. The van der Waals surface area contributed by atoms with Crippen LogP contribution < -0.4 is 5.73 Å². The molecular weight excluding hydrogens is 238 g/mol. The van der Waals surface area contributed by atoms with Crippen LogP contribution in [0.25, 0.3) is 22.4 Å². The van der Waals surface area contributed by atoms with Crippen LogP contribution in [0.4, 0.5) is 0 Å². The van der Waals surface area contributed by atoms with Crippen molar-refractivity contribution < 1.29 is 0 Å². The Labute approximate surface area is 111 Å². The summed E-state index contributed by atoms with van der Waals surface area (Å²) in [7, 11) is 3.95. The summed E-state index contributed by atoms with van der Waals surface area (Å²) in [6.07, 6.45) is 2.00. The van der Waals surface area contributed by atoms with E-state index in [0.29, 0.717) is 6.54 Å². The lowest BCUT2D eigenvalue weighted by Gasteiger charge is -2.01. The lowest BCUT2D eigenvalue weighted by molar-refractivity contribution is 0.756. The summed E-state index contributed by atoms with van der Waals surface area (Å²) < 4.78 is 3.91. The van der Waals surface area contributed by atoms with Gasteiger partial charge in [-0.1, -0.05) is 6.07 Å². The molecule has 98 valence electrons. The molecule has 0 saturated heterocycles. The third-order valence-corrected chi connectivity index (χ3v) is 3.44. The van der Waals surface area contributed by atoms with Crippen LogP contribution in [-0.4, -0.2) is 19.3 Å². The lowest BCUT2D eigenvalue weighted by atomic mass is 10.2. The average Bonchev–Trinajstić information content (AvgIpc) is 2.89.